The molecule has 0 saturated carbocycles. The molecule has 0 radical (unpaired) electrons. The number of aromatic nitrogens is 2. The van der Waals surface area contributed by atoms with Gasteiger partial charge in [-0.15, -0.1) is 0 Å². The van der Waals surface area contributed by atoms with Gasteiger partial charge in [-0.1, -0.05) is 0 Å². The Morgan fingerprint density at radius 2 is 1.81 bits per heavy atom. The smallest absolute Gasteiger partial charge is 0.314 e. The van der Waals surface area contributed by atoms with Crippen molar-refractivity contribution in [3.63, 3.8) is 0 Å². The summed E-state index contributed by atoms with van der Waals surface area (Å²) >= 11 is 0. The molecule has 7 nitrogen and oxygen atoms in total. The number of carbonyl (C=O) groups excluding carboxylic acids is 2. The third-order valence-electron chi connectivity index (χ3n) is 3.53. The van der Waals surface area contributed by atoms with Gasteiger partial charge in [0.15, 0.2) is 0 Å². The lowest BCUT2D eigenvalue weighted by Crippen LogP contribution is -2.41. The molecule has 1 rings (SSSR count). The Morgan fingerprint density at radius 1 is 1.24 bits per heavy atom. The number of likely N-dealkylation sites (N-methyl/N-ethyl adjacent to an activating group) is 2. The number of urea groups is 1. The minimum atomic E-state index is -0.614. The van der Waals surface area contributed by atoms with E-state index in [0.717, 1.165) is 17.0 Å². The van der Waals surface area contributed by atoms with Crippen molar-refractivity contribution in [2.24, 2.45) is 5.73 Å². The molecular formula is C14H25N5O2. The highest BCUT2D eigenvalue weighted by molar-refractivity contribution is 5.83. The number of hydrogen-bond donors (Lipinski definition) is 1. The minimum absolute atomic E-state index is 0.0255. The van der Waals surface area contributed by atoms with E-state index in [1.807, 2.05) is 18.5 Å². The Hall–Kier alpha value is -2.05. The van der Waals surface area contributed by atoms with Crippen LogP contribution in [-0.4, -0.2) is 52.2 Å². The highest BCUT2D eigenvalue weighted by Gasteiger charge is 2.19. The van der Waals surface area contributed by atoms with Crippen LogP contribution in [0.5, 0.6) is 0 Å². The molecule has 0 fully saturated rings. The number of nitrogens with zero attached hydrogens (tertiary/aromatic N) is 4. The molecule has 1 heterocycles. The lowest BCUT2D eigenvalue weighted by molar-refractivity contribution is -0.130. The molecule has 2 N–H and O–H groups in total. The molecule has 0 atom stereocenters. The zero-order chi connectivity index (χ0) is 16.3. The van der Waals surface area contributed by atoms with Crippen molar-refractivity contribution in [1.82, 2.24) is 19.6 Å². The highest BCUT2D eigenvalue weighted by Crippen LogP contribution is 2.18. The quantitative estimate of drug-likeness (QED) is 0.881. The van der Waals surface area contributed by atoms with Crippen molar-refractivity contribution >= 4 is 11.9 Å². The van der Waals surface area contributed by atoms with E-state index in [0.29, 0.717) is 6.54 Å². The predicted molar refractivity (Wildman–Crippen MR) is 80.8 cm³/mol. The second-order valence-electron chi connectivity index (χ2n) is 5.63. The molecular weight excluding hydrogens is 270 g/mol. The molecule has 1 aromatic heterocycles. The van der Waals surface area contributed by atoms with Crippen molar-refractivity contribution in [3.8, 4) is 0 Å². The Kier molecular flexibility index (Phi) is 5.34. The van der Waals surface area contributed by atoms with Crippen molar-refractivity contribution in [3.05, 3.63) is 17.0 Å². The van der Waals surface area contributed by atoms with Gasteiger partial charge in [0, 0.05) is 37.9 Å². The predicted octanol–water partition coefficient (Wildman–Crippen LogP) is 1.05. The van der Waals surface area contributed by atoms with Gasteiger partial charge in [0.05, 0.1) is 5.69 Å². The average molecular weight is 295 g/mol. The number of hydrogen-bond acceptors (Lipinski definition) is 3. The number of rotatable bonds is 5. The van der Waals surface area contributed by atoms with Gasteiger partial charge in [0.2, 0.25) is 5.91 Å². The van der Waals surface area contributed by atoms with Gasteiger partial charge < -0.3 is 15.5 Å². The first kappa shape index (κ1) is 17.0. The van der Waals surface area contributed by atoms with Crippen LogP contribution >= 0.6 is 0 Å². The zero-order valence-corrected chi connectivity index (χ0v) is 13.7. The molecule has 0 bridgehead atoms. The van der Waals surface area contributed by atoms with E-state index in [2.05, 4.69) is 18.9 Å². The largest absolute Gasteiger partial charge is 0.351 e. The van der Waals surface area contributed by atoms with Gasteiger partial charge in [0.25, 0.3) is 0 Å². The topological polar surface area (TPSA) is 84.5 Å². The lowest BCUT2D eigenvalue weighted by Gasteiger charge is -2.21. The van der Waals surface area contributed by atoms with Crippen molar-refractivity contribution in [2.75, 3.05) is 20.6 Å². The summed E-state index contributed by atoms with van der Waals surface area (Å²) in [6.45, 7) is 8.52. The average Bonchev–Trinajstić information content (AvgIpc) is 2.66. The Balaban J connectivity index is 2.82. The summed E-state index contributed by atoms with van der Waals surface area (Å²) in [4.78, 5) is 25.8. The van der Waals surface area contributed by atoms with Crippen molar-refractivity contribution in [2.45, 2.75) is 40.3 Å². The SMILES string of the molecule is Cc1nn(C(C)C)c(C)c1CN(C)C(=O)CN(C)C(N)=O. The van der Waals surface area contributed by atoms with Crippen LogP contribution in [0.2, 0.25) is 0 Å². The molecule has 0 unspecified atom stereocenters. The standard InChI is InChI=1S/C14H25N5O2/c1-9(2)19-11(4)12(10(3)16-19)7-17(5)13(20)8-18(6)14(15)21/h9H,7-8H2,1-6H3,(H2,15,21). The fraction of sp³-hybridized carbons (Fsp3) is 0.643. The monoisotopic (exact) mass is 295 g/mol. The molecule has 0 aliphatic heterocycles. The highest BCUT2D eigenvalue weighted by atomic mass is 16.2. The van der Waals surface area contributed by atoms with Crippen LogP contribution in [0.4, 0.5) is 4.79 Å². The molecule has 7 heteroatoms. The molecule has 0 aliphatic carbocycles. The van der Waals surface area contributed by atoms with Crippen LogP contribution in [0.15, 0.2) is 0 Å². The summed E-state index contributed by atoms with van der Waals surface area (Å²) in [5, 5.41) is 4.51. The number of aryl methyl sites for hydroxylation is 1. The minimum Gasteiger partial charge on any atom is -0.351 e. The van der Waals surface area contributed by atoms with Crippen LogP contribution in [-0.2, 0) is 11.3 Å². The fourth-order valence-electron chi connectivity index (χ4n) is 2.16. The van der Waals surface area contributed by atoms with Crippen molar-refractivity contribution in [1.29, 1.82) is 0 Å². The molecule has 21 heavy (non-hydrogen) atoms. The fourth-order valence-corrected chi connectivity index (χ4v) is 2.16. The lowest BCUT2D eigenvalue weighted by atomic mass is 10.2. The first-order valence-corrected chi connectivity index (χ1v) is 6.94. The zero-order valence-electron chi connectivity index (χ0n) is 13.7. The third-order valence-corrected chi connectivity index (χ3v) is 3.53. The molecule has 0 spiro atoms. The number of nitrogens with two attached hydrogens (primary N) is 1. The van der Waals surface area contributed by atoms with E-state index < -0.39 is 6.03 Å². The number of primary amides is 1. The summed E-state index contributed by atoms with van der Waals surface area (Å²) in [5.74, 6) is -0.160. The van der Waals surface area contributed by atoms with Gasteiger partial charge in [-0.3, -0.25) is 9.48 Å². The molecule has 118 valence electrons. The van der Waals surface area contributed by atoms with Crippen LogP contribution < -0.4 is 5.73 Å². The molecule has 0 aromatic carbocycles. The molecule has 0 aliphatic rings. The second kappa shape index (κ2) is 6.60. The van der Waals surface area contributed by atoms with Crippen molar-refractivity contribution < 1.29 is 9.59 Å². The van der Waals surface area contributed by atoms with E-state index in [9.17, 15) is 9.59 Å². The van der Waals surface area contributed by atoms with E-state index in [1.165, 1.54) is 11.9 Å². The molecule has 1 aromatic rings. The third kappa shape index (κ3) is 3.96. The van der Waals surface area contributed by atoms with Gasteiger partial charge >= 0.3 is 6.03 Å². The Bertz CT molecular complexity index is 536. The Morgan fingerprint density at radius 3 is 2.24 bits per heavy atom. The Labute approximate surface area is 125 Å². The maximum atomic E-state index is 12.1. The maximum Gasteiger partial charge on any atom is 0.314 e. The summed E-state index contributed by atoms with van der Waals surface area (Å²) in [5.41, 5.74) is 8.15. The first-order valence-electron chi connectivity index (χ1n) is 6.94. The first-order chi connectivity index (χ1) is 9.65. The van der Waals surface area contributed by atoms with Gasteiger partial charge in [-0.25, -0.2) is 4.79 Å². The van der Waals surface area contributed by atoms with Crippen LogP contribution in [0, 0.1) is 13.8 Å². The second-order valence-corrected chi connectivity index (χ2v) is 5.63. The molecule has 3 amide bonds. The van der Waals surface area contributed by atoms with E-state index in [1.54, 1.807) is 11.9 Å². The van der Waals surface area contributed by atoms with Gasteiger partial charge in [0.1, 0.15) is 6.54 Å². The normalized spacial score (nSPS) is 10.8. The van der Waals surface area contributed by atoms with E-state index >= 15 is 0 Å². The van der Waals surface area contributed by atoms with E-state index in [-0.39, 0.29) is 18.5 Å². The van der Waals surface area contributed by atoms with Crippen LogP contribution in [0.3, 0.4) is 0 Å². The number of carbonyl (C=O) groups is 2. The summed E-state index contributed by atoms with van der Waals surface area (Å²) in [6.07, 6.45) is 0. The maximum absolute atomic E-state index is 12.1. The van der Waals surface area contributed by atoms with Gasteiger partial charge in [-0.2, -0.15) is 5.10 Å². The van der Waals surface area contributed by atoms with Crippen LogP contribution in [0.25, 0.3) is 0 Å². The number of amides is 3. The summed E-state index contributed by atoms with van der Waals surface area (Å²) < 4.78 is 1.96. The van der Waals surface area contributed by atoms with E-state index in [4.69, 9.17) is 5.73 Å². The van der Waals surface area contributed by atoms with Crippen LogP contribution in [0.1, 0.15) is 36.8 Å². The summed E-state index contributed by atoms with van der Waals surface area (Å²) in [7, 11) is 3.21. The van der Waals surface area contributed by atoms with Gasteiger partial charge in [-0.05, 0) is 27.7 Å². The summed E-state index contributed by atoms with van der Waals surface area (Å²) in [6, 6.07) is -0.337. The molecule has 0 saturated heterocycles.